The van der Waals surface area contributed by atoms with Gasteiger partial charge in [0, 0.05) is 11.9 Å². The number of hydrogen-bond acceptors (Lipinski definition) is 1. The molecule has 0 fully saturated rings. The van der Waals surface area contributed by atoms with Crippen LogP contribution in [-0.4, -0.2) is 4.98 Å². The predicted octanol–water partition coefficient (Wildman–Crippen LogP) is 3.40. The van der Waals surface area contributed by atoms with Crippen molar-refractivity contribution < 1.29 is 4.39 Å². The van der Waals surface area contributed by atoms with Crippen LogP contribution in [0.2, 0.25) is 0 Å². The smallest absolute Gasteiger partial charge is 0.123 e. The van der Waals surface area contributed by atoms with Gasteiger partial charge in [-0.1, -0.05) is 18.2 Å². The summed E-state index contributed by atoms with van der Waals surface area (Å²) in [5, 5.41) is 0. The molecule has 1 aromatic heterocycles. The lowest BCUT2D eigenvalue weighted by atomic mass is 10.1. The van der Waals surface area contributed by atoms with E-state index in [1.165, 1.54) is 17.7 Å². The first-order chi connectivity index (χ1) is 7.84. The summed E-state index contributed by atoms with van der Waals surface area (Å²) in [5.41, 5.74) is 2.29. The molecule has 0 spiro atoms. The fourth-order valence-electron chi connectivity index (χ4n) is 1.67. The molecule has 1 nitrogen and oxygen atoms in total. The topological polar surface area (TPSA) is 12.9 Å². The predicted molar refractivity (Wildman–Crippen MR) is 62.7 cm³/mol. The van der Waals surface area contributed by atoms with E-state index in [4.69, 9.17) is 0 Å². The number of nitrogens with zero attached hydrogens (tertiary/aromatic N) is 1. The van der Waals surface area contributed by atoms with E-state index in [0.717, 1.165) is 25.0 Å². The summed E-state index contributed by atoms with van der Waals surface area (Å²) in [5.74, 6) is -0.173. The van der Waals surface area contributed by atoms with E-state index in [1.54, 1.807) is 0 Å². The number of benzene rings is 1. The third kappa shape index (κ3) is 3.16. The van der Waals surface area contributed by atoms with Crippen LogP contribution in [0.1, 0.15) is 17.7 Å². The molecule has 2 rings (SSSR count). The summed E-state index contributed by atoms with van der Waals surface area (Å²) in [6, 6.07) is 12.7. The van der Waals surface area contributed by atoms with Gasteiger partial charge in [0.2, 0.25) is 0 Å². The van der Waals surface area contributed by atoms with Crippen LogP contribution >= 0.6 is 0 Å². The summed E-state index contributed by atoms with van der Waals surface area (Å²) in [7, 11) is 0. The van der Waals surface area contributed by atoms with E-state index in [-0.39, 0.29) is 5.82 Å². The van der Waals surface area contributed by atoms with Crippen LogP contribution in [-0.2, 0) is 12.8 Å². The molecule has 2 heteroatoms. The first-order valence-electron chi connectivity index (χ1n) is 5.49. The lowest BCUT2D eigenvalue weighted by Crippen LogP contribution is -1.92. The molecular weight excluding hydrogens is 201 g/mol. The Labute approximate surface area is 95.0 Å². The summed E-state index contributed by atoms with van der Waals surface area (Å²) >= 11 is 0. The monoisotopic (exact) mass is 215 g/mol. The van der Waals surface area contributed by atoms with E-state index in [9.17, 15) is 4.39 Å². The lowest BCUT2D eigenvalue weighted by molar-refractivity contribution is 0.626. The minimum Gasteiger partial charge on any atom is -0.261 e. The van der Waals surface area contributed by atoms with Crippen molar-refractivity contribution in [3.63, 3.8) is 0 Å². The van der Waals surface area contributed by atoms with Crippen LogP contribution < -0.4 is 0 Å². The first-order valence-corrected chi connectivity index (χ1v) is 5.49. The highest BCUT2D eigenvalue weighted by Crippen LogP contribution is 2.07. The van der Waals surface area contributed by atoms with Crippen molar-refractivity contribution in [3.8, 4) is 0 Å². The average Bonchev–Trinajstić information content (AvgIpc) is 2.33. The molecule has 0 bridgehead atoms. The molecule has 82 valence electrons. The van der Waals surface area contributed by atoms with Gasteiger partial charge in [0.05, 0.1) is 0 Å². The summed E-state index contributed by atoms with van der Waals surface area (Å²) < 4.78 is 12.7. The third-order valence-electron chi connectivity index (χ3n) is 2.54. The minimum atomic E-state index is -0.173. The van der Waals surface area contributed by atoms with Crippen molar-refractivity contribution in [2.45, 2.75) is 19.3 Å². The molecule has 1 aromatic carbocycles. The van der Waals surface area contributed by atoms with Crippen molar-refractivity contribution in [1.82, 2.24) is 4.98 Å². The van der Waals surface area contributed by atoms with Gasteiger partial charge in [-0.05, 0) is 49.1 Å². The Kier molecular flexibility index (Phi) is 3.65. The molecule has 16 heavy (non-hydrogen) atoms. The highest BCUT2D eigenvalue weighted by Gasteiger charge is 1.96. The minimum absolute atomic E-state index is 0.173. The second-order valence-electron chi connectivity index (χ2n) is 3.80. The Bertz CT molecular complexity index is 422. The molecule has 0 aliphatic rings. The zero-order valence-corrected chi connectivity index (χ0v) is 9.07. The van der Waals surface area contributed by atoms with Crippen LogP contribution in [0.4, 0.5) is 4.39 Å². The molecule has 0 radical (unpaired) electrons. The summed E-state index contributed by atoms with van der Waals surface area (Å²) in [6.07, 6.45) is 4.80. The van der Waals surface area contributed by atoms with E-state index in [1.807, 2.05) is 36.5 Å². The SMILES string of the molecule is Fc1ccc(CCCc2ccccn2)cc1. The first kappa shape index (κ1) is 10.8. The van der Waals surface area contributed by atoms with Crippen LogP contribution in [0.15, 0.2) is 48.7 Å². The van der Waals surface area contributed by atoms with Gasteiger partial charge in [-0.25, -0.2) is 4.39 Å². The Morgan fingerprint density at radius 2 is 1.75 bits per heavy atom. The van der Waals surface area contributed by atoms with Gasteiger partial charge in [-0.15, -0.1) is 0 Å². The molecule has 0 unspecified atom stereocenters. The van der Waals surface area contributed by atoms with Gasteiger partial charge < -0.3 is 0 Å². The van der Waals surface area contributed by atoms with E-state index < -0.39 is 0 Å². The van der Waals surface area contributed by atoms with Crippen molar-refractivity contribution in [3.05, 3.63) is 65.7 Å². The molecular formula is C14H14FN. The number of aromatic nitrogens is 1. The van der Waals surface area contributed by atoms with Gasteiger partial charge in [0.25, 0.3) is 0 Å². The highest BCUT2D eigenvalue weighted by atomic mass is 19.1. The number of rotatable bonds is 4. The average molecular weight is 215 g/mol. The van der Waals surface area contributed by atoms with E-state index >= 15 is 0 Å². The van der Waals surface area contributed by atoms with Crippen molar-refractivity contribution in [2.24, 2.45) is 0 Å². The van der Waals surface area contributed by atoms with Crippen molar-refractivity contribution in [1.29, 1.82) is 0 Å². The number of pyridine rings is 1. The highest BCUT2D eigenvalue weighted by molar-refractivity contribution is 5.16. The molecule has 0 atom stereocenters. The van der Waals surface area contributed by atoms with Gasteiger partial charge in [0.1, 0.15) is 5.82 Å². The maximum absolute atomic E-state index is 12.7. The Morgan fingerprint density at radius 3 is 2.44 bits per heavy atom. The zero-order chi connectivity index (χ0) is 11.2. The van der Waals surface area contributed by atoms with Crippen LogP contribution in [0.3, 0.4) is 0 Å². The second-order valence-corrected chi connectivity index (χ2v) is 3.80. The second kappa shape index (κ2) is 5.40. The zero-order valence-electron chi connectivity index (χ0n) is 9.07. The van der Waals surface area contributed by atoms with Crippen LogP contribution in [0.25, 0.3) is 0 Å². The van der Waals surface area contributed by atoms with E-state index in [0.29, 0.717) is 0 Å². The van der Waals surface area contributed by atoms with Gasteiger partial charge in [-0.3, -0.25) is 4.98 Å². The van der Waals surface area contributed by atoms with Crippen molar-refractivity contribution >= 4 is 0 Å². The maximum atomic E-state index is 12.7. The normalized spacial score (nSPS) is 10.3. The Balaban J connectivity index is 1.82. The van der Waals surface area contributed by atoms with Crippen LogP contribution in [0, 0.1) is 5.82 Å². The Hall–Kier alpha value is -1.70. The van der Waals surface area contributed by atoms with E-state index in [2.05, 4.69) is 4.98 Å². The molecule has 0 amide bonds. The van der Waals surface area contributed by atoms with Crippen molar-refractivity contribution in [2.75, 3.05) is 0 Å². The molecule has 1 heterocycles. The van der Waals surface area contributed by atoms with Gasteiger partial charge in [-0.2, -0.15) is 0 Å². The standard InChI is InChI=1S/C14H14FN/c15-13-9-7-12(8-10-13)4-3-6-14-5-1-2-11-16-14/h1-2,5,7-11H,3-4,6H2. The molecule has 2 aromatic rings. The number of halogens is 1. The fraction of sp³-hybridized carbons (Fsp3) is 0.214. The number of aryl methyl sites for hydroxylation is 2. The van der Waals surface area contributed by atoms with Crippen LogP contribution in [0.5, 0.6) is 0 Å². The molecule has 0 aliphatic carbocycles. The Morgan fingerprint density at radius 1 is 0.938 bits per heavy atom. The maximum Gasteiger partial charge on any atom is 0.123 e. The van der Waals surface area contributed by atoms with Gasteiger partial charge in [0.15, 0.2) is 0 Å². The molecule has 0 saturated carbocycles. The largest absolute Gasteiger partial charge is 0.261 e. The fourth-order valence-corrected chi connectivity index (χ4v) is 1.67. The molecule has 0 aliphatic heterocycles. The lowest BCUT2D eigenvalue weighted by Gasteiger charge is -2.01. The summed E-state index contributed by atoms with van der Waals surface area (Å²) in [4.78, 5) is 4.26. The third-order valence-corrected chi connectivity index (χ3v) is 2.54. The quantitative estimate of drug-likeness (QED) is 0.761. The summed E-state index contributed by atoms with van der Waals surface area (Å²) in [6.45, 7) is 0. The number of hydrogen-bond donors (Lipinski definition) is 0. The molecule has 0 N–H and O–H groups in total. The van der Waals surface area contributed by atoms with Gasteiger partial charge >= 0.3 is 0 Å². The molecule has 0 saturated heterocycles.